The molecule has 1 N–H and O–H groups in total. The Morgan fingerprint density at radius 1 is 1.26 bits per heavy atom. The molecule has 0 atom stereocenters. The summed E-state index contributed by atoms with van der Waals surface area (Å²) in [6.07, 6.45) is 2.33. The molecule has 0 amide bonds. The van der Waals surface area contributed by atoms with Crippen LogP contribution in [0.4, 0.5) is 0 Å². The third-order valence-corrected chi connectivity index (χ3v) is 4.13. The van der Waals surface area contributed by atoms with Crippen molar-refractivity contribution in [1.29, 1.82) is 0 Å². The van der Waals surface area contributed by atoms with Crippen molar-refractivity contribution in [3.05, 3.63) is 30.2 Å². The highest BCUT2D eigenvalue weighted by Gasteiger charge is 2.20. The van der Waals surface area contributed by atoms with E-state index in [1.807, 2.05) is 24.3 Å². The van der Waals surface area contributed by atoms with Crippen molar-refractivity contribution in [3.8, 4) is 17.1 Å². The van der Waals surface area contributed by atoms with E-state index in [1.54, 1.807) is 7.11 Å². The fraction of sp³-hybridized carbons (Fsp3) is 0.500. The van der Waals surface area contributed by atoms with Gasteiger partial charge in [0.05, 0.1) is 13.7 Å². The second-order valence-corrected chi connectivity index (χ2v) is 5.64. The molecule has 1 saturated heterocycles. The molecule has 1 aliphatic heterocycles. The van der Waals surface area contributed by atoms with Crippen molar-refractivity contribution >= 4 is 12.4 Å². The lowest BCUT2D eigenvalue weighted by molar-refractivity contribution is 0.171. The molecule has 1 aliphatic rings. The molecule has 7 heteroatoms. The summed E-state index contributed by atoms with van der Waals surface area (Å²) < 4.78 is 10.5. The molecule has 0 saturated carbocycles. The first kappa shape index (κ1) is 17.7. The Morgan fingerprint density at radius 2 is 1.96 bits per heavy atom. The Morgan fingerprint density at radius 3 is 2.61 bits per heavy atom. The number of hydrogen-bond acceptors (Lipinski definition) is 6. The Labute approximate surface area is 142 Å². The average Bonchev–Trinajstić information content (AvgIpc) is 3.04. The minimum absolute atomic E-state index is 0. The molecule has 1 aromatic heterocycles. The van der Waals surface area contributed by atoms with Gasteiger partial charge in [-0.25, -0.2) is 0 Å². The van der Waals surface area contributed by atoms with Gasteiger partial charge in [-0.05, 0) is 57.2 Å². The largest absolute Gasteiger partial charge is 0.497 e. The number of piperidine rings is 1. The van der Waals surface area contributed by atoms with Gasteiger partial charge in [0, 0.05) is 11.6 Å². The van der Waals surface area contributed by atoms with Gasteiger partial charge in [0.15, 0.2) is 0 Å². The molecule has 0 spiro atoms. The maximum absolute atomic E-state index is 5.39. The predicted molar refractivity (Wildman–Crippen MR) is 90.9 cm³/mol. The Kier molecular flexibility index (Phi) is 6.38. The van der Waals surface area contributed by atoms with Crippen LogP contribution < -0.4 is 10.1 Å². The van der Waals surface area contributed by atoms with Crippen LogP contribution in [0.15, 0.2) is 28.8 Å². The van der Waals surface area contributed by atoms with Gasteiger partial charge in [-0.2, -0.15) is 4.98 Å². The summed E-state index contributed by atoms with van der Waals surface area (Å²) in [7, 11) is 3.77. The first-order chi connectivity index (χ1) is 10.8. The van der Waals surface area contributed by atoms with E-state index in [0.29, 0.717) is 24.3 Å². The minimum Gasteiger partial charge on any atom is -0.497 e. The van der Waals surface area contributed by atoms with Gasteiger partial charge in [0.1, 0.15) is 5.75 Å². The SMILES string of the molecule is COc1ccc(-c2noc(CN(C)C3CCNCC3)n2)cc1.Cl. The number of benzene rings is 1. The Hall–Kier alpha value is -1.63. The van der Waals surface area contributed by atoms with Gasteiger partial charge in [-0.1, -0.05) is 5.16 Å². The van der Waals surface area contributed by atoms with Gasteiger partial charge in [-0.3, -0.25) is 4.90 Å². The first-order valence-electron chi connectivity index (χ1n) is 7.64. The number of nitrogens with one attached hydrogen (secondary N) is 1. The Bertz CT molecular complexity index is 596. The van der Waals surface area contributed by atoms with Crippen LogP contribution in [0, 0.1) is 0 Å². The van der Waals surface area contributed by atoms with Crippen molar-refractivity contribution in [3.63, 3.8) is 0 Å². The van der Waals surface area contributed by atoms with Gasteiger partial charge >= 0.3 is 0 Å². The lowest BCUT2D eigenvalue weighted by atomic mass is 10.1. The van der Waals surface area contributed by atoms with Crippen molar-refractivity contribution in [2.75, 3.05) is 27.2 Å². The second kappa shape index (κ2) is 8.29. The molecular weight excluding hydrogens is 316 g/mol. The average molecular weight is 339 g/mol. The van der Waals surface area contributed by atoms with Crippen LogP contribution in [0.2, 0.25) is 0 Å². The van der Waals surface area contributed by atoms with Crippen LogP contribution in [0.5, 0.6) is 5.75 Å². The van der Waals surface area contributed by atoms with Crippen molar-refractivity contribution in [1.82, 2.24) is 20.4 Å². The molecule has 0 bridgehead atoms. The van der Waals surface area contributed by atoms with E-state index in [9.17, 15) is 0 Å². The summed E-state index contributed by atoms with van der Waals surface area (Å²) in [5.41, 5.74) is 0.931. The number of ether oxygens (including phenoxy) is 1. The summed E-state index contributed by atoms with van der Waals surface area (Å²) >= 11 is 0. The van der Waals surface area contributed by atoms with Crippen LogP contribution >= 0.6 is 12.4 Å². The maximum atomic E-state index is 5.39. The third kappa shape index (κ3) is 4.43. The zero-order chi connectivity index (χ0) is 15.4. The molecule has 1 fully saturated rings. The number of rotatable bonds is 5. The van der Waals surface area contributed by atoms with Crippen LogP contribution in [-0.4, -0.2) is 48.3 Å². The van der Waals surface area contributed by atoms with Crippen molar-refractivity contribution in [2.24, 2.45) is 0 Å². The highest BCUT2D eigenvalue weighted by atomic mass is 35.5. The minimum atomic E-state index is 0. The summed E-state index contributed by atoms with van der Waals surface area (Å²) in [5.74, 6) is 2.10. The summed E-state index contributed by atoms with van der Waals surface area (Å²) in [6, 6.07) is 8.24. The van der Waals surface area contributed by atoms with Crippen molar-refractivity contribution in [2.45, 2.75) is 25.4 Å². The fourth-order valence-electron chi connectivity index (χ4n) is 2.77. The first-order valence-corrected chi connectivity index (χ1v) is 7.64. The van der Waals surface area contributed by atoms with Gasteiger partial charge < -0.3 is 14.6 Å². The summed E-state index contributed by atoms with van der Waals surface area (Å²) in [6.45, 7) is 2.85. The molecule has 0 unspecified atom stereocenters. The monoisotopic (exact) mass is 338 g/mol. The van der Waals surface area contributed by atoms with Gasteiger partial charge in [-0.15, -0.1) is 12.4 Å². The lowest BCUT2D eigenvalue weighted by Crippen LogP contribution is -2.40. The van der Waals surface area contributed by atoms with Crippen LogP contribution in [0.3, 0.4) is 0 Å². The number of nitrogens with zero attached hydrogens (tertiary/aromatic N) is 3. The number of methoxy groups -OCH3 is 1. The highest BCUT2D eigenvalue weighted by molar-refractivity contribution is 5.85. The zero-order valence-corrected chi connectivity index (χ0v) is 14.3. The maximum Gasteiger partial charge on any atom is 0.241 e. The second-order valence-electron chi connectivity index (χ2n) is 5.64. The molecule has 23 heavy (non-hydrogen) atoms. The molecule has 3 rings (SSSR count). The topological polar surface area (TPSA) is 63.4 Å². The molecule has 126 valence electrons. The summed E-state index contributed by atoms with van der Waals surface area (Å²) in [5, 5.41) is 7.45. The van der Waals surface area contributed by atoms with Gasteiger partial charge in [0.2, 0.25) is 11.7 Å². The van der Waals surface area contributed by atoms with E-state index in [2.05, 4.69) is 27.4 Å². The van der Waals surface area contributed by atoms with Crippen LogP contribution in [0.25, 0.3) is 11.4 Å². The molecule has 2 aromatic rings. The van der Waals surface area contributed by atoms with Crippen LogP contribution in [0.1, 0.15) is 18.7 Å². The van der Waals surface area contributed by atoms with E-state index in [4.69, 9.17) is 9.26 Å². The normalized spacial score (nSPS) is 15.4. The summed E-state index contributed by atoms with van der Waals surface area (Å²) in [4.78, 5) is 6.79. The number of hydrogen-bond donors (Lipinski definition) is 1. The Balaban J connectivity index is 0.00000192. The molecular formula is C16H23ClN4O2. The standard InChI is InChI=1S/C16H22N4O2.ClH/c1-20(13-7-9-17-10-8-13)11-15-18-16(19-22-15)12-3-5-14(21-2)6-4-12;/h3-6,13,17H,7-11H2,1-2H3;1H. The third-order valence-electron chi connectivity index (χ3n) is 4.13. The van der Waals surface area contributed by atoms with E-state index < -0.39 is 0 Å². The van der Waals surface area contributed by atoms with E-state index >= 15 is 0 Å². The van der Waals surface area contributed by atoms with Crippen molar-refractivity contribution < 1.29 is 9.26 Å². The van der Waals surface area contributed by atoms with E-state index in [-0.39, 0.29) is 12.4 Å². The molecule has 2 heterocycles. The fourth-order valence-corrected chi connectivity index (χ4v) is 2.77. The van der Waals surface area contributed by atoms with E-state index in [1.165, 1.54) is 0 Å². The van der Waals surface area contributed by atoms with Gasteiger partial charge in [0.25, 0.3) is 0 Å². The lowest BCUT2D eigenvalue weighted by Gasteiger charge is -2.30. The van der Waals surface area contributed by atoms with E-state index in [0.717, 1.165) is 37.2 Å². The predicted octanol–water partition coefficient (Wildman–Crippen LogP) is 2.35. The number of aromatic nitrogens is 2. The quantitative estimate of drug-likeness (QED) is 0.903. The molecule has 1 aromatic carbocycles. The highest BCUT2D eigenvalue weighted by Crippen LogP contribution is 2.20. The molecule has 6 nitrogen and oxygen atoms in total. The van der Waals surface area contributed by atoms with Crippen LogP contribution in [-0.2, 0) is 6.54 Å². The number of halogens is 1. The zero-order valence-electron chi connectivity index (χ0n) is 13.5. The smallest absolute Gasteiger partial charge is 0.241 e. The molecule has 0 aliphatic carbocycles. The molecule has 0 radical (unpaired) electrons.